The van der Waals surface area contributed by atoms with Gasteiger partial charge in [-0.05, 0) is 69.0 Å². The first kappa shape index (κ1) is 22.4. The summed E-state index contributed by atoms with van der Waals surface area (Å²) in [6.07, 6.45) is 5.69. The predicted octanol–water partition coefficient (Wildman–Crippen LogP) is 4.16. The van der Waals surface area contributed by atoms with Crippen LogP contribution in [0.2, 0.25) is 0 Å². The number of nitrogens with zero attached hydrogens (tertiary/aromatic N) is 6. The van der Waals surface area contributed by atoms with Crippen LogP contribution in [0.3, 0.4) is 0 Å². The van der Waals surface area contributed by atoms with Crippen molar-refractivity contribution in [1.29, 1.82) is 5.26 Å². The number of benzene rings is 1. The van der Waals surface area contributed by atoms with E-state index in [9.17, 15) is 10.1 Å². The van der Waals surface area contributed by atoms with Crippen LogP contribution in [0.15, 0.2) is 41.3 Å². The number of pyridine rings is 1. The molecule has 0 atom stereocenters. The van der Waals surface area contributed by atoms with Crippen molar-refractivity contribution in [3.05, 3.63) is 52.4 Å². The second-order valence-electron chi connectivity index (χ2n) is 9.69. The summed E-state index contributed by atoms with van der Waals surface area (Å²) in [6, 6.07) is 12.0. The Morgan fingerprint density at radius 2 is 1.79 bits per heavy atom. The summed E-state index contributed by atoms with van der Waals surface area (Å²) in [5.74, 6) is 1.11. The van der Waals surface area contributed by atoms with E-state index in [-0.39, 0.29) is 18.6 Å². The zero-order valence-electron chi connectivity index (χ0n) is 19.9. The third-order valence-electron chi connectivity index (χ3n) is 7.24. The first-order chi connectivity index (χ1) is 16.5. The number of hydrogen-bond donors (Lipinski definition) is 1. The van der Waals surface area contributed by atoms with Gasteiger partial charge in [0.05, 0.1) is 0 Å². The van der Waals surface area contributed by atoms with Crippen LogP contribution in [-0.2, 0) is 0 Å². The van der Waals surface area contributed by atoms with Crippen LogP contribution in [0.4, 0.5) is 17.3 Å². The third-order valence-corrected chi connectivity index (χ3v) is 7.24. The molecule has 3 aromatic rings. The predicted molar refractivity (Wildman–Crippen MR) is 137 cm³/mol. The fraction of sp³-hybridized carbons (Fsp3) is 0.462. The molecule has 34 heavy (non-hydrogen) atoms. The maximum absolute atomic E-state index is 13.1. The minimum atomic E-state index is -0.254. The summed E-state index contributed by atoms with van der Waals surface area (Å²) < 4.78 is 1.74. The Morgan fingerprint density at radius 1 is 1.09 bits per heavy atom. The summed E-state index contributed by atoms with van der Waals surface area (Å²) in [6.45, 7) is 6.44. The third kappa shape index (κ3) is 4.48. The molecule has 2 aliphatic rings. The molecule has 1 saturated carbocycles. The molecule has 2 fully saturated rings. The smallest absolute Gasteiger partial charge is 0.270 e. The molecule has 0 amide bonds. The minimum absolute atomic E-state index is 0. The number of nitrogens with one attached hydrogen (secondary N) is 1. The average Bonchev–Trinajstić information content (AvgIpc) is 2.86. The maximum atomic E-state index is 13.1. The lowest BCUT2D eigenvalue weighted by molar-refractivity contribution is 0.289. The van der Waals surface area contributed by atoms with Crippen molar-refractivity contribution in [1.82, 2.24) is 19.4 Å². The molecule has 0 spiro atoms. The molecular weight excluding hydrogens is 426 g/mol. The number of anilines is 3. The summed E-state index contributed by atoms with van der Waals surface area (Å²) in [4.78, 5) is 27.1. The van der Waals surface area contributed by atoms with Gasteiger partial charge in [0.25, 0.3) is 5.56 Å². The molecule has 8 heteroatoms. The molecule has 1 aliphatic carbocycles. The highest BCUT2D eigenvalue weighted by Gasteiger charge is 2.24. The van der Waals surface area contributed by atoms with E-state index in [2.05, 4.69) is 52.3 Å². The van der Waals surface area contributed by atoms with E-state index in [0.29, 0.717) is 22.9 Å². The molecule has 1 saturated heterocycles. The number of fused-ring (bicyclic) bond motifs is 1. The van der Waals surface area contributed by atoms with E-state index in [4.69, 9.17) is 4.98 Å². The quantitative estimate of drug-likeness (QED) is 0.627. The lowest BCUT2D eigenvalue weighted by Crippen LogP contribution is -2.44. The Bertz CT molecular complexity index is 1270. The highest BCUT2D eigenvalue weighted by atomic mass is 16.1. The minimum Gasteiger partial charge on any atom is -0.369 e. The number of rotatable bonds is 4. The SMILES string of the molecule is CC1CCC(n2c(=O)c(C#N)cc3cnc(Nc4ccc(N5CCN(C)CC5)cc4)nc32)CC1.[HH]. The highest BCUT2D eigenvalue weighted by molar-refractivity contribution is 5.77. The molecule has 1 aliphatic heterocycles. The van der Waals surface area contributed by atoms with Gasteiger partial charge in [0, 0.05) is 56.6 Å². The number of likely N-dealkylation sites (N-methyl/N-ethyl adjacent to an activating group) is 1. The molecule has 1 N–H and O–H groups in total. The summed E-state index contributed by atoms with van der Waals surface area (Å²) >= 11 is 0. The van der Waals surface area contributed by atoms with Gasteiger partial charge in [0.15, 0.2) is 0 Å². The van der Waals surface area contributed by atoms with Gasteiger partial charge in [0.1, 0.15) is 17.3 Å². The van der Waals surface area contributed by atoms with Gasteiger partial charge >= 0.3 is 0 Å². The van der Waals surface area contributed by atoms with Crippen molar-refractivity contribution < 1.29 is 1.43 Å². The normalized spacial score (nSPS) is 21.4. The molecule has 3 heterocycles. The van der Waals surface area contributed by atoms with Gasteiger partial charge < -0.3 is 15.1 Å². The van der Waals surface area contributed by atoms with Crippen LogP contribution in [0.5, 0.6) is 0 Å². The van der Waals surface area contributed by atoms with Gasteiger partial charge in [-0.25, -0.2) is 4.98 Å². The van der Waals surface area contributed by atoms with Gasteiger partial charge in [-0.3, -0.25) is 9.36 Å². The molecule has 0 unspecified atom stereocenters. The zero-order chi connectivity index (χ0) is 23.7. The molecule has 5 rings (SSSR count). The first-order valence-corrected chi connectivity index (χ1v) is 12.1. The fourth-order valence-corrected chi connectivity index (χ4v) is 5.05. The molecule has 0 bridgehead atoms. The van der Waals surface area contributed by atoms with Crippen molar-refractivity contribution in [3.8, 4) is 6.07 Å². The summed E-state index contributed by atoms with van der Waals surface area (Å²) in [5.41, 5.74) is 2.59. The molecular formula is C26H33N7O. The van der Waals surface area contributed by atoms with E-state index >= 15 is 0 Å². The molecule has 1 aromatic carbocycles. The van der Waals surface area contributed by atoms with E-state index in [1.54, 1.807) is 16.8 Å². The molecule has 2 aromatic heterocycles. The van der Waals surface area contributed by atoms with Crippen molar-refractivity contribution in [2.45, 2.75) is 38.6 Å². The Morgan fingerprint density at radius 3 is 2.47 bits per heavy atom. The van der Waals surface area contributed by atoms with Crippen molar-refractivity contribution in [3.63, 3.8) is 0 Å². The van der Waals surface area contributed by atoms with E-state index in [1.807, 2.05) is 12.1 Å². The largest absolute Gasteiger partial charge is 0.369 e. The van der Waals surface area contributed by atoms with Crippen molar-refractivity contribution in [2.75, 3.05) is 43.4 Å². The second kappa shape index (κ2) is 9.43. The highest BCUT2D eigenvalue weighted by Crippen LogP contribution is 2.33. The Kier molecular flexibility index (Phi) is 6.20. The molecule has 0 radical (unpaired) electrons. The van der Waals surface area contributed by atoms with Crippen LogP contribution in [-0.4, -0.2) is 52.7 Å². The van der Waals surface area contributed by atoms with Gasteiger partial charge in [-0.1, -0.05) is 6.92 Å². The first-order valence-electron chi connectivity index (χ1n) is 12.1. The van der Waals surface area contributed by atoms with Gasteiger partial charge in [-0.2, -0.15) is 10.2 Å². The maximum Gasteiger partial charge on any atom is 0.270 e. The monoisotopic (exact) mass is 459 g/mol. The van der Waals surface area contributed by atoms with E-state index in [0.717, 1.165) is 57.5 Å². The summed E-state index contributed by atoms with van der Waals surface area (Å²) in [7, 11) is 2.16. The lowest BCUT2D eigenvalue weighted by Gasteiger charge is -2.34. The Balaban J connectivity index is 0.00000289. The summed E-state index contributed by atoms with van der Waals surface area (Å²) in [5, 5.41) is 13.5. The number of hydrogen-bond acceptors (Lipinski definition) is 7. The fourth-order valence-electron chi connectivity index (χ4n) is 5.05. The zero-order valence-corrected chi connectivity index (χ0v) is 19.9. The molecule has 8 nitrogen and oxygen atoms in total. The van der Waals surface area contributed by atoms with Crippen LogP contribution >= 0.6 is 0 Å². The number of piperazine rings is 1. The van der Waals surface area contributed by atoms with Crippen molar-refractivity contribution in [2.24, 2.45) is 5.92 Å². The Labute approximate surface area is 201 Å². The Hall–Kier alpha value is -3.44. The number of nitriles is 1. The van der Waals surface area contributed by atoms with Gasteiger partial charge in [0.2, 0.25) is 5.95 Å². The van der Waals surface area contributed by atoms with Crippen LogP contribution in [0, 0.1) is 17.2 Å². The average molecular weight is 460 g/mol. The van der Waals surface area contributed by atoms with Crippen LogP contribution < -0.4 is 15.8 Å². The second-order valence-corrected chi connectivity index (χ2v) is 9.69. The van der Waals surface area contributed by atoms with Crippen LogP contribution in [0.25, 0.3) is 11.0 Å². The molecule has 178 valence electrons. The van der Waals surface area contributed by atoms with Crippen molar-refractivity contribution >= 4 is 28.4 Å². The lowest BCUT2D eigenvalue weighted by atomic mass is 9.87. The van der Waals surface area contributed by atoms with Gasteiger partial charge in [-0.15, -0.1) is 0 Å². The topological polar surface area (TPSA) is 90.1 Å². The van der Waals surface area contributed by atoms with E-state index in [1.165, 1.54) is 5.69 Å². The van der Waals surface area contributed by atoms with Crippen LogP contribution in [0.1, 0.15) is 45.6 Å². The standard InChI is InChI=1S/C26H31N7O.H2/c1-18-3-7-23(8-4-18)33-24-20(15-19(16-27)25(33)34)17-28-26(30-24)29-21-5-9-22(10-6-21)32-13-11-31(2)12-14-32;/h5-6,9-10,15,17-18,23H,3-4,7-8,11-14H2,1-2H3,(H,28,29,30);1H. The van der Waals surface area contributed by atoms with E-state index < -0.39 is 0 Å². The number of aromatic nitrogens is 3.